The summed E-state index contributed by atoms with van der Waals surface area (Å²) in [4.78, 5) is 0.481. The van der Waals surface area contributed by atoms with Crippen LogP contribution < -0.4 is 0 Å². The van der Waals surface area contributed by atoms with Crippen molar-refractivity contribution in [3.8, 4) is 22.1 Å². The Morgan fingerprint density at radius 2 is 1.92 bits per heavy atom. The number of halogens is 2. The van der Waals surface area contributed by atoms with Crippen LogP contribution in [-0.2, 0) is 5.41 Å². The number of aromatic nitrogens is 6. The van der Waals surface area contributed by atoms with Crippen molar-refractivity contribution in [2.24, 2.45) is 0 Å². The molecule has 0 aliphatic heterocycles. The lowest BCUT2D eigenvalue weighted by molar-refractivity contribution is 0.567. The molecular weight excluding hydrogens is 346 g/mol. The van der Waals surface area contributed by atoms with Crippen LogP contribution >= 0.6 is 11.3 Å². The Kier molecular flexibility index (Phi) is 3.43. The number of hydrogen-bond acceptors (Lipinski definition) is 5. The molecule has 0 bridgehead atoms. The standard InChI is InChI=1S/C16H14F2N6S/c1-16(2,3)12-7-11(19-20-12)14-23-24-13(21-22-15(24)25-14)9-6-8(17)4-5-10(9)18/h4-7H,1-3H3,(H,19,20). The van der Waals surface area contributed by atoms with E-state index in [1.54, 1.807) is 0 Å². The van der Waals surface area contributed by atoms with Crippen molar-refractivity contribution in [2.45, 2.75) is 26.2 Å². The minimum Gasteiger partial charge on any atom is -0.281 e. The van der Waals surface area contributed by atoms with Crippen molar-refractivity contribution in [1.29, 1.82) is 0 Å². The minimum absolute atomic E-state index is 0.0155. The van der Waals surface area contributed by atoms with E-state index in [0.717, 1.165) is 23.9 Å². The van der Waals surface area contributed by atoms with Gasteiger partial charge in [-0.25, -0.2) is 8.78 Å². The van der Waals surface area contributed by atoms with E-state index in [1.165, 1.54) is 15.9 Å². The summed E-state index contributed by atoms with van der Waals surface area (Å²) in [7, 11) is 0. The maximum absolute atomic E-state index is 14.0. The third-order valence-corrected chi connectivity index (χ3v) is 4.69. The van der Waals surface area contributed by atoms with Crippen molar-refractivity contribution < 1.29 is 8.78 Å². The van der Waals surface area contributed by atoms with E-state index in [-0.39, 0.29) is 16.8 Å². The van der Waals surface area contributed by atoms with Crippen molar-refractivity contribution in [2.75, 3.05) is 0 Å². The number of benzene rings is 1. The normalized spacial score (nSPS) is 12.2. The van der Waals surface area contributed by atoms with E-state index in [2.05, 4.69) is 46.3 Å². The van der Waals surface area contributed by atoms with Gasteiger partial charge >= 0.3 is 0 Å². The highest BCUT2D eigenvalue weighted by Gasteiger charge is 2.21. The van der Waals surface area contributed by atoms with Gasteiger partial charge in [-0.15, -0.1) is 10.2 Å². The summed E-state index contributed by atoms with van der Waals surface area (Å²) >= 11 is 1.28. The average Bonchev–Trinajstić information content (AvgIpc) is 3.22. The lowest BCUT2D eigenvalue weighted by Gasteiger charge is -2.14. The highest BCUT2D eigenvalue weighted by atomic mass is 32.1. The number of nitrogens with zero attached hydrogens (tertiary/aromatic N) is 5. The molecule has 0 aliphatic rings. The first-order valence-electron chi connectivity index (χ1n) is 7.57. The fraction of sp³-hybridized carbons (Fsp3) is 0.250. The predicted octanol–water partition coefficient (Wildman–Crippen LogP) is 3.82. The Morgan fingerprint density at radius 1 is 1.12 bits per heavy atom. The number of hydrogen-bond donors (Lipinski definition) is 1. The molecule has 0 atom stereocenters. The van der Waals surface area contributed by atoms with Gasteiger partial charge in [0.15, 0.2) is 10.8 Å². The molecule has 0 amide bonds. The Bertz CT molecular complexity index is 1070. The zero-order valence-corrected chi connectivity index (χ0v) is 14.5. The van der Waals surface area contributed by atoms with Crippen LogP contribution in [0.5, 0.6) is 0 Å². The largest absolute Gasteiger partial charge is 0.281 e. The molecule has 0 fully saturated rings. The van der Waals surface area contributed by atoms with Gasteiger partial charge in [0.25, 0.3) is 0 Å². The van der Waals surface area contributed by atoms with Crippen molar-refractivity contribution in [3.63, 3.8) is 0 Å². The first-order valence-corrected chi connectivity index (χ1v) is 8.38. The van der Waals surface area contributed by atoms with E-state index in [4.69, 9.17) is 0 Å². The van der Waals surface area contributed by atoms with Gasteiger partial charge in [-0.3, -0.25) is 5.10 Å². The van der Waals surface area contributed by atoms with Gasteiger partial charge in [0.2, 0.25) is 4.96 Å². The van der Waals surface area contributed by atoms with Crippen LogP contribution in [-0.4, -0.2) is 30.0 Å². The van der Waals surface area contributed by atoms with Gasteiger partial charge in [0.1, 0.15) is 17.3 Å². The van der Waals surface area contributed by atoms with E-state index < -0.39 is 11.6 Å². The zero-order chi connectivity index (χ0) is 17.8. The summed E-state index contributed by atoms with van der Waals surface area (Å²) in [5.74, 6) is -0.980. The molecule has 6 nitrogen and oxygen atoms in total. The van der Waals surface area contributed by atoms with Crippen LogP contribution in [0.25, 0.3) is 27.1 Å². The van der Waals surface area contributed by atoms with Gasteiger partial charge in [0, 0.05) is 11.1 Å². The van der Waals surface area contributed by atoms with Crippen molar-refractivity contribution in [1.82, 2.24) is 30.0 Å². The molecule has 128 valence electrons. The number of fused-ring (bicyclic) bond motifs is 1. The van der Waals surface area contributed by atoms with Gasteiger partial charge in [-0.05, 0) is 24.3 Å². The van der Waals surface area contributed by atoms with E-state index in [0.29, 0.717) is 15.7 Å². The average molecular weight is 360 g/mol. The number of rotatable bonds is 2. The van der Waals surface area contributed by atoms with Crippen LogP contribution in [0, 0.1) is 11.6 Å². The second-order valence-electron chi connectivity index (χ2n) is 6.67. The molecule has 0 saturated carbocycles. The van der Waals surface area contributed by atoms with Crippen molar-refractivity contribution in [3.05, 3.63) is 41.6 Å². The molecule has 0 spiro atoms. The molecule has 1 aromatic carbocycles. The fourth-order valence-corrected chi connectivity index (χ4v) is 3.17. The third kappa shape index (κ3) is 2.70. The first kappa shape index (κ1) is 15.8. The van der Waals surface area contributed by atoms with Crippen LogP contribution in [0.2, 0.25) is 0 Å². The lowest BCUT2D eigenvalue weighted by atomic mass is 9.92. The molecule has 4 aromatic rings. The maximum atomic E-state index is 14.0. The minimum atomic E-state index is -0.583. The lowest BCUT2D eigenvalue weighted by Crippen LogP contribution is -2.11. The highest BCUT2D eigenvalue weighted by Crippen LogP contribution is 2.30. The number of H-pyrrole nitrogens is 1. The molecular formula is C16H14F2N6S. The number of aromatic amines is 1. The molecule has 3 aromatic heterocycles. The van der Waals surface area contributed by atoms with E-state index >= 15 is 0 Å². The molecule has 3 heterocycles. The second-order valence-corrected chi connectivity index (χ2v) is 7.62. The smallest absolute Gasteiger partial charge is 0.235 e. The quantitative estimate of drug-likeness (QED) is 0.590. The van der Waals surface area contributed by atoms with Crippen LogP contribution in [0.15, 0.2) is 24.3 Å². The molecule has 1 N–H and O–H groups in total. The summed E-state index contributed by atoms with van der Waals surface area (Å²) in [6.45, 7) is 6.23. The zero-order valence-electron chi connectivity index (χ0n) is 13.7. The second kappa shape index (κ2) is 5.41. The molecule has 0 saturated heterocycles. The monoisotopic (exact) mass is 360 g/mol. The Morgan fingerprint density at radius 3 is 2.64 bits per heavy atom. The summed E-state index contributed by atoms with van der Waals surface area (Å²) in [5.41, 5.74) is 1.60. The van der Waals surface area contributed by atoms with Gasteiger partial charge in [0.05, 0.1) is 5.56 Å². The first-order chi connectivity index (χ1) is 11.8. The highest BCUT2D eigenvalue weighted by molar-refractivity contribution is 7.19. The SMILES string of the molecule is CC(C)(C)c1cc(-c2nn3c(-c4cc(F)ccc4F)nnc3s2)n[nH]1. The Balaban J connectivity index is 1.81. The van der Waals surface area contributed by atoms with E-state index in [9.17, 15) is 8.78 Å². The Hall–Kier alpha value is -2.68. The predicted molar refractivity (Wildman–Crippen MR) is 90.3 cm³/mol. The molecule has 25 heavy (non-hydrogen) atoms. The summed E-state index contributed by atoms with van der Waals surface area (Å²) < 4.78 is 28.9. The molecule has 0 aliphatic carbocycles. The van der Waals surface area contributed by atoms with Crippen LogP contribution in [0.3, 0.4) is 0 Å². The molecule has 4 rings (SSSR count). The molecule has 9 heteroatoms. The summed E-state index contributed by atoms with van der Waals surface area (Å²) in [6.07, 6.45) is 0. The van der Waals surface area contributed by atoms with E-state index in [1.807, 2.05) is 6.07 Å². The molecule has 0 unspecified atom stereocenters. The van der Waals surface area contributed by atoms with Crippen molar-refractivity contribution >= 4 is 16.3 Å². The van der Waals surface area contributed by atoms with Gasteiger partial charge in [-0.2, -0.15) is 14.7 Å². The topological polar surface area (TPSA) is 71.8 Å². The Labute approximate surface area is 145 Å². The number of nitrogens with one attached hydrogen (secondary N) is 1. The van der Waals surface area contributed by atoms with Gasteiger partial charge in [-0.1, -0.05) is 32.1 Å². The summed E-state index contributed by atoms with van der Waals surface area (Å²) in [6, 6.07) is 5.12. The van der Waals surface area contributed by atoms with Crippen LogP contribution in [0.4, 0.5) is 8.78 Å². The van der Waals surface area contributed by atoms with Gasteiger partial charge < -0.3 is 0 Å². The molecule has 0 radical (unpaired) electrons. The maximum Gasteiger partial charge on any atom is 0.235 e. The third-order valence-electron chi connectivity index (χ3n) is 3.77. The summed E-state index contributed by atoms with van der Waals surface area (Å²) in [5, 5.41) is 20.3. The van der Waals surface area contributed by atoms with Crippen LogP contribution in [0.1, 0.15) is 26.5 Å². The fourth-order valence-electron chi connectivity index (χ4n) is 2.37.